The van der Waals surface area contributed by atoms with E-state index >= 15 is 0 Å². The Hall–Kier alpha value is -1.51. The largest absolute Gasteiger partial charge is 0.480 e. The number of rotatable bonds is 3. The van der Waals surface area contributed by atoms with Crippen molar-refractivity contribution in [1.29, 1.82) is 0 Å². The number of amides is 2. The van der Waals surface area contributed by atoms with Crippen molar-refractivity contribution in [3.05, 3.63) is 0 Å². The van der Waals surface area contributed by atoms with Gasteiger partial charge < -0.3 is 20.1 Å². The van der Waals surface area contributed by atoms with Crippen LogP contribution in [0.25, 0.3) is 0 Å². The van der Waals surface area contributed by atoms with E-state index in [1.165, 1.54) is 0 Å². The van der Waals surface area contributed by atoms with E-state index in [1.54, 1.807) is 0 Å². The lowest BCUT2D eigenvalue weighted by atomic mass is 10.2. The summed E-state index contributed by atoms with van der Waals surface area (Å²) in [6.07, 6.45) is -5.51. The smallest absolute Gasteiger partial charge is 0.390 e. The molecular weight excluding hydrogens is 257 g/mol. The van der Waals surface area contributed by atoms with E-state index in [0.29, 0.717) is 0 Å². The van der Waals surface area contributed by atoms with Gasteiger partial charge in [-0.25, -0.2) is 9.59 Å². The highest BCUT2D eigenvalue weighted by molar-refractivity contribution is 5.82. The van der Waals surface area contributed by atoms with E-state index in [-0.39, 0.29) is 19.8 Å². The molecule has 0 aliphatic carbocycles. The second-order valence-electron chi connectivity index (χ2n) is 3.72. The lowest BCUT2D eigenvalue weighted by molar-refractivity contribution is -0.147. The molecule has 2 N–H and O–H groups in total. The number of nitrogens with zero attached hydrogens (tertiary/aromatic N) is 1. The van der Waals surface area contributed by atoms with Gasteiger partial charge in [0, 0.05) is 13.1 Å². The van der Waals surface area contributed by atoms with E-state index in [2.05, 4.69) is 0 Å². The quantitative estimate of drug-likeness (QED) is 0.779. The van der Waals surface area contributed by atoms with Gasteiger partial charge >= 0.3 is 18.2 Å². The first-order valence-corrected chi connectivity index (χ1v) is 5.23. The second-order valence-corrected chi connectivity index (χ2v) is 3.72. The first-order chi connectivity index (χ1) is 8.31. The van der Waals surface area contributed by atoms with Crippen LogP contribution in [0, 0.1) is 0 Å². The molecule has 1 heterocycles. The molecule has 0 aromatic heterocycles. The van der Waals surface area contributed by atoms with E-state index in [1.807, 2.05) is 5.32 Å². The molecule has 0 aromatic carbocycles. The standard InChI is InChI=1S/C9H13F3N2O4/c10-9(11,12)1-2-13-8(17)14-3-4-18-5-6(14)7(15)16/h6H,1-5H2,(H,13,17)(H,15,16). The van der Waals surface area contributed by atoms with E-state index in [0.717, 1.165) is 4.90 Å². The van der Waals surface area contributed by atoms with Gasteiger partial charge in [0.15, 0.2) is 6.04 Å². The Morgan fingerprint density at radius 1 is 1.44 bits per heavy atom. The number of alkyl halides is 3. The summed E-state index contributed by atoms with van der Waals surface area (Å²) >= 11 is 0. The Labute approximate surface area is 101 Å². The van der Waals surface area contributed by atoms with Crippen LogP contribution in [0.2, 0.25) is 0 Å². The lowest BCUT2D eigenvalue weighted by Gasteiger charge is -2.32. The molecule has 1 atom stereocenters. The van der Waals surface area contributed by atoms with E-state index < -0.39 is 37.2 Å². The third-order valence-corrected chi connectivity index (χ3v) is 2.36. The number of ether oxygens (including phenoxy) is 1. The Morgan fingerprint density at radius 3 is 2.67 bits per heavy atom. The summed E-state index contributed by atoms with van der Waals surface area (Å²) in [5.41, 5.74) is 0. The molecule has 1 aliphatic rings. The van der Waals surface area contributed by atoms with Crippen molar-refractivity contribution in [1.82, 2.24) is 10.2 Å². The number of carboxylic acid groups (broad SMARTS) is 1. The molecule has 0 aromatic rings. The van der Waals surface area contributed by atoms with Gasteiger partial charge in [-0.2, -0.15) is 13.2 Å². The zero-order valence-electron chi connectivity index (χ0n) is 9.37. The van der Waals surface area contributed by atoms with Gasteiger partial charge in [0.05, 0.1) is 19.6 Å². The molecule has 1 saturated heterocycles. The molecule has 2 amide bonds. The van der Waals surface area contributed by atoms with Gasteiger partial charge in [-0.3, -0.25) is 0 Å². The summed E-state index contributed by atoms with van der Waals surface area (Å²) in [6, 6.07) is -1.99. The lowest BCUT2D eigenvalue weighted by Crippen LogP contribution is -2.55. The minimum absolute atomic E-state index is 0.0365. The maximum Gasteiger partial charge on any atom is 0.390 e. The Balaban J connectivity index is 2.46. The van der Waals surface area contributed by atoms with Gasteiger partial charge in [-0.1, -0.05) is 0 Å². The van der Waals surface area contributed by atoms with Crippen LogP contribution in [-0.2, 0) is 9.53 Å². The van der Waals surface area contributed by atoms with Crippen molar-refractivity contribution in [3.63, 3.8) is 0 Å². The first-order valence-electron chi connectivity index (χ1n) is 5.23. The SMILES string of the molecule is O=C(O)C1COCCN1C(=O)NCCC(F)(F)F. The van der Waals surface area contributed by atoms with Crippen molar-refractivity contribution in [2.45, 2.75) is 18.6 Å². The van der Waals surface area contributed by atoms with E-state index in [9.17, 15) is 22.8 Å². The summed E-state index contributed by atoms with van der Waals surface area (Å²) in [7, 11) is 0. The van der Waals surface area contributed by atoms with Crippen LogP contribution in [0.4, 0.5) is 18.0 Å². The molecule has 9 heteroatoms. The maximum absolute atomic E-state index is 11.9. The maximum atomic E-state index is 11.9. The van der Waals surface area contributed by atoms with Crippen molar-refractivity contribution in [2.24, 2.45) is 0 Å². The average molecular weight is 270 g/mol. The van der Waals surface area contributed by atoms with Gasteiger partial charge in [-0.15, -0.1) is 0 Å². The average Bonchev–Trinajstić information content (AvgIpc) is 2.27. The minimum atomic E-state index is -4.36. The van der Waals surface area contributed by atoms with Crippen molar-refractivity contribution < 1.29 is 32.6 Å². The van der Waals surface area contributed by atoms with Gasteiger partial charge in [0.25, 0.3) is 0 Å². The molecule has 0 spiro atoms. The Bertz CT molecular complexity index is 321. The number of morpholine rings is 1. The monoisotopic (exact) mass is 270 g/mol. The predicted molar refractivity (Wildman–Crippen MR) is 53.0 cm³/mol. The number of carboxylic acids is 1. The molecule has 104 valence electrons. The number of halogens is 3. The highest BCUT2D eigenvalue weighted by Gasteiger charge is 2.33. The van der Waals surface area contributed by atoms with Crippen LogP contribution in [-0.4, -0.2) is 60.5 Å². The van der Waals surface area contributed by atoms with Gasteiger partial charge in [-0.05, 0) is 0 Å². The number of urea groups is 1. The fourth-order valence-corrected chi connectivity index (χ4v) is 1.46. The summed E-state index contributed by atoms with van der Waals surface area (Å²) < 4.78 is 40.5. The van der Waals surface area contributed by atoms with Crippen LogP contribution < -0.4 is 5.32 Å². The highest BCUT2D eigenvalue weighted by atomic mass is 19.4. The molecule has 1 rings (SSSR count). The van der Waals surface area contributed by atoms with Crippen LogP contribution >= 0.6 is 0 Å². The minimum Gasteiger partial charge on any atom is -0.480 e. The first kappa shape index (κ1) is 14.6. The molecule has 0 bridgehead atoms. The van der Waals surface area contributed by atoms with Crippen LogP contribution in [0.3, 0.4) is 0 Å². The number of carbonyl (C=O) groups is 2. The highest BCUT2D eigenvalue weighted by Crippen LogP contribution is 2.18. The van der Waals surface area contributed by atoms with Crippen LogP contribution in [0.5, 0.6) is 0 Å². The summed E-state index contributed by atoms with van der Waals surface area (Å²) in [5, 5.41) is 10.9. The molecule has 6 nitrogen and oxygen atoms in total. The molecule has 1 unspecified atom stereocenters. The van der Waals surface area contributed by atoms with Gasteiger partial charge in [0.1, 0.15) is 0 Å². The number of carbonyl (C=O) groups excluding carboxylic acids is 1. The predicted octanol–water partition coefficient (Wildman–Crippen LogP) is 0.434. The van der Waals surface area contributed by atoms with Crippen molar-refractivity contribution >= 4 is 12.0 Å². The second kappa shape index (κ2) is 5.89. The third kappa shape index (κ3) is 4.40. The Morgan fingerprint density at radius 2 is 2.11 bits per heavy atom. The summed E-state index contributed by atoms with van der Waals surface area (Å²) in [5.74, 6) is -1.25. The number of nitrogens with one attached hydrogen (secondary N) is 1. The zero-order valence-corrected chi connectivity index (χ0v) is 9.37. The van der Waals surface area contributed by atoms with Crippen molar-refractivity contribution in [3.8, 4) is 0 Å². The van der Waals surface area contributed by atoms with Gasteiger partial charge in [0.2, 0.25) is 0 Å². The molecule has 0 radical (unpaired) electrons. The van der Waals surface area contributed by atoms with E-state index in [4.69, 9.17) is 9.84 Å². The molecular formula is C9H13F3N2O4. The topological polar surface area (TPSA) is 78.9 Å². The number of hydrogen-bond donors (Lipinski definition) is 2. The van der Waals surface area contributed by atoms with Crippen LogP contribution in [0.15, 0.2) is 0 Å². The molecule has 1 fully saturated rings. The molecule has 0 saturated carbocycles. The normalized spacial score (nSPS) is 20.6. The summed E-state index contributed by atoms with van der Waals surface area (Å²) in [6.45, 7) is -0.542. The fraction of sp³-hybridized carbons (Fsp3) is 0.778. The molecule has 18 heavy (non-hydrogen) atoms. The third-order valence-electron chi connectivity index (χ3n) is 2.36. The fourth-order valence-electron chi connectivity index (χ4n) is 1.46. The van der Waals surface area contributed by atoms with Crippen LogP contribution in [0.1, 0.15) is 6.42 Å². The summed E-state index contributed by atoms with van der Waals surface area (Å²) in [4.78, 5) is 23.3. The Kier molecular flexibility index (Phi) is 4.76. The zero-order chi connectivity index (χ0) is 13.8. The van der Waals surface area contributed by atoms with Crippen molar-refractivity contribution in [2.75, 3.05) is 26.3 Å². The number of hydrogen-bond acceptors (Lipinski definition) is 3. The molecule has 1 aliphatic heterocycles. The number of aliphatic carboxylic acids is 1.